The average molecular weight is 815 g/mol. The number of esters is 1. The molecule has 0 bridgehead atoms. The van der Waals surface area contributed by atoms with Gasteiger partial charge in [0.1, 0.15) is 12.2 Å². The van der Waals surface area contributed by atoms with Crippen LogP contribution in [0.2, 0.25) is 0 Å². The number of unbranched alkanes of at least 4 members (excludes halogenated alkanes) is 24. The van der Waals surface area contributed by atoms with E-state index in [1.54, 1.807) is 0 Å². The van der Waals surface area contributed by atoms with Crippen LogP contribution in [0.3, 0.4) is 0 Å². The SMILES string of the molecule is CCCCCCC/C=C\C/C=C\C/C=C\CCCCCCCCCCC(=O)OC(COCCCCCCCCCCCCCC)COP(=O)(O)OCC(O)CO. The number of phosphoric ester groups is 1. The molecule has 0 heterocycles. The van der Waals surface area contributed by atoms with Crippen LogP contribution < -0.4 is 0 Å². The Hall–Kier alpha value is -1.32. The van der Waals surface area contributed by atoms with Gasteiger partial charge in [0.05, 0.1) is 26.4 Å². The quantitative estimate of drug-likeness (QED) is 0.0238. The van der Waals surface area contributed by atoms with Gasteiger partial charge in [0.2, 0.25) is 0 Å². The highest BCUT2D eigenvalue weighted by molar-refractivity contribution is 7.47. The lowest BCUT2D eigenvalue weighted by Gasteiger charge is -2.20. The van der Waals surface area contributed by atoms with Crippen molar-refractivity contribution in [2.45, 2.75) is 219 Å². The molecule has 56 heavy (non-hydrogen) atoms. The lowest BCUT2D eigenvalue weighted by Crippen LogP contribution is -2.29. The fourth-order valence-corrected chi connectivity index (χ4v) is 7.09. The Bertz CT molecular complexity index is 970. The first kappa shape index (κ1) is 54.7. The van der Waals surface area contributed by atoms with Gasteiger partial charge in [0.15, 0.2) is 0 Å². The molecule has 3 N–H and O–H groups in total. The Kier molecular flexibility index (Phi) is 42.2. The van der Waals surface area contributed by atoms with Gasteiger partial charge in [-0.05, 0) is 51.4 Å². The van der Waals surface area contributed by atoms with E-state index in [0.717, 1.165) is 57.8 Å². The summed E-state index contributed by atoms with van der Waals surface area (Å²) in [5.74, 6) is -0.388. The molecule has 3 atom stereocenters. The van der Waals surface area contributed by atoms with E-state index in [4.69, 9.17) is 23.6 Å². The van der Waals surface area contributed by atoms with Crippen LogP contribution in [0, 0.1) is 0 Å². The molecular formula is C46H87O9P. The van der Waals surface area contributed by atoms with Gasteiger partial charge in [-0.1, -0.05) is 185 Å². The highest BCUT2D eigenvalue weighted by Crippen LogP contribution is 2.43. The largest absolute Gasteiger partial charge is 0.472 e. The van der Waals surface area contributed by atoms with Crippen molar-refractivity contribution in [2.75, 3.05) is 33.0 Å². The smallest absolute Gasteiger partial charge is 0.457 e. The minimum atomic E-state index is -4.52. The molecule has 0 aromatic heterocycles. The highest BCUT2D eigenvalue weighted by atomic mass is 31.2. The summed E-state index contributed by atoms with van der Waals surface area (Å²) in [5, 5.41) is 18.3. The Morgan fingerprint density at radius 2 is 0.964 bits per heavy atom. The Morgan fingerprint density at radius 3 is 1.45 bits per heavy atom. The Balaban J connectivity index is 4.10. The fraction of sp³-hybridized carbons (Fsp3) is 0.848. The second-order valence-electron chi connectivity index (χ2n) is 15.4. The highest BCUT2D eigenvalue weighted by Gasteiger charge is 2.26. The van der Waals surface area contributed by atoms with Crippen molar-refractivity contribution in [3.8, 4) is 0 Å². The molecule has 0 aliphatic carbocycles. The summed E-state index contributed by atoms with van der Waals surface area (Å²) in [6.45, 7) is 3.52. The van der Waals surface area contributed by atoms with Crippen LogP contribution in [0.1, 0.15) is 206 Å². The first-order chi connectivity index (χ1) is 27.3. The third-order valence-electron chi connectivity index (χ3n) is 9.83. The molecule has 0 saturated heterocycles. The molecule has 0 aromatic carbocycles. The van der Waals surface area contributed by atoms with E-state index in [2.05, 4.69) is 50.3 Å². The summed E-state index contributed by atoms with van der Waals surface area (Å²) >= 11 is 0. The van der Waals surface area contributed by atoms with Crippen molar-refractivity contribution in [1.82, 2.24) is 0 Å². The summed E-state index contributed by atoms with van der Waals surface area (Å²) < 4.78 is 33.4. The molecule has 10 heteroatoms. The third kappa shape index (κ3) is 42.3. The number of hydrogen-bond acceptors (Lipinski definition) is 8. The van der Waals surface area contributed by atoms with Crippen LogP contribution in [0.5, 0.6) is 0 Å². The Morgan fingerprint density at radius 1 is 0.554 bits per heavy atom. The van der Waals surface area contributed by atoms with Crippen molar-refractivity contribution < 1.29 is 43.0 Å². The van der Waals surface area contributed by atoms with Gasteiger partial charge in [-0.2, -0.15) is 0 Å². The zero-order chi connectivity index (χ0) is 41.1. The molecule has 0 aliphatic heterocycles. The maximum absolute atomic E-state index is 12.6. The van der Waals surface area contributed by atoms with E-state index in [-0.39, 0.29) is 25.6 Å². The van der Waals surface area contributed by atoms with E-state index in [9.17, 15) is 19.4 Å². The number of hydrogen-bond donors (Lipinski definition) is 3. The second-order valence-corrected chi connectivity index (χ2v) is 16.9. The number of aliphatic hydroxyl groups excluding tert-OH is 2. The van der Waals surface area contributed by atoms with Gasteiger partial charge >= 0.3 is 13.8 Å². The van der Waals surface area contributed by atoms with Gasteiger partial charge in [-0.15, -0.1) is 0 Å². The van der Waals surface area contributed by atoms with Crippen LogP contribution in [0.25, 0.3) is 0 Å². The van der Waals surface area contributed by atoms with Crippen LogP contribution in [0.15, 0.2) is 36.5 Å². The Labute approximate surface area is 344 Å². The summed E-state index contributed by atoms with van der Waals surface area (Å²) in [6.07, 6.45) is 46.7. The second kappa shape index (κ2) is 43.3. The molecule has 0 amide bonds. The molecule has 0 saturated carbocycles. The topological polar surface area (TPSA) is 132 Å². The van der Waals surface area contributed by atoms with E-state index < -0.39 is 33.2 Å². The van der Waals surface area contributed by atoms with E-state index in [0.29, 0.717) is 6.61 Å². The first-order valence-corrected chi connectivity index (χ1v) is 24.5. The van der Waals surface area contributed by atoms with Gasteiger partial charge in [-0.3, -0.25) is 13.8 Å². The van der Waals surface area contributed by atoms with Crippen molar-refractivity contribution in [3.05, 3.63) is 36.5 Å². The number of aliphatic hydroxyl groups is 2. The minimum Gasteiger partial charge on any atom is -0.457 e. The van der Waals surface area contributed by atoms with Gasteiger partial charge in [0, 0.05) is 13.0 Å². The predicted molar refractivity (Wildman–Crippen MR) is 233 cm³/mol. The maximum atomic E-state index is 12.6. The number of allylic oxidation sites excluding steroid dienone is 6. The average Bonchev–Trinajstić information content (AvgIpc) is 3.19. The zero-order valence-corrected chi connectivity index (χ0v) is 37.0. The molecule has 0 rings (SSSR count). The summed E-state index contributed by atoms with van der Waals surface area (Å²) in [6, 6.07) is 0. The van der Waals surface area contributed by atoms with Crippen molar-refractivity contribution in [1.29, 1.82) is 0 Å². The lowest BCUT2D eigenvalue weighted by atomic mass is 10.1. The molecule has 0 radical (unpaired) electrons. The molecule has 0 aliphatic rings. The van der Waals surface area contributed by atoms with Crippen LogP contribution in [-0.4, -0.2) is 66.3 Å². The molecule has 0 spiro atoms. The summed E-state index contributed by atoms with van der Waals surface area (Å²) in [5.41, 5.74) is 0. The van der Waals surface area contributed by atoms with E-state index in [1.165, 1.54) is 128 Å². The number of carbonyl (C=O) groups excluding carboxylic acids is 1. The number of carbonyl (C=O) groups is 1. The number of phosphoric acid groups is 1. The molecule has 0 fully saturated rings. The number of rotatable bonds is 44. The maximum Gasteiger partial charge on any atom is 0.472 e. The van der Waals surface area contributed by atoms with Gasteiger partial charge in [0.25, 0.3) is 0 Å². The van der Waals surface area contributed by atoms with Crippen molar-refractivity contribution in [2.24, 2.45) is 0 Å². The van der Waals surface area contributed by atoms with E-state index in [1.807, 2.05) is 0 Å². The monoisotopic (exact) mass is 815 g/mol. The van der Waals surface area contributed by atoms with Crippen molar-refractivity contribution in [3.63, 3.8) is 0 Å². The molecular weight excluding hydrogens is 727 g/mol. The molecule has 9 nitrogen and oxygen atoms in total. The molecule has 3 unspecified atom stereocenters. The number of ether oxygens (including phenoxy) is 2. The van der Waals surface area contributed by atoms with E-state index >= 15 is 0 Å². The standard InChI is InChI=1S/C46H87O9P/c1-3-5-7-9-11-13-15-17-18-19-20-21-22-23-24-25-26-27-28-30-32-34-36-38-46(49)55-45(43-54-56(50,51)53-41-44(48)40-47)42-52-39-37-35-33-31-29-16-14-12-10-8-6-4-2/h15,17,19-20,22-23,44-45,47-48H,3-14,16,18,21,24-43H2,1-2H3,(H,50,51)/b17-15-,20-19-,23-22-. The van der Waals surface area contributed by atoms with Crippen LogP contribution in [0.4, 0.5) is 0 Å². The van der Waals surface area contributed by atoms with Gasteiger partial charge < -0.3 is 24.6 Å². The lowest BCUT2D eigenvalue weighted by molar-refractivity contribution is -0.154. The minimum absolute atomic E-state index is 0.0487. The van der Waals surface area contributed by atoms with Crippen LogP contribution in [-0.2, 0) is 27.9 Å². The molecule has 330 valence electrons. The zero-order valence-electron chi connectivity index (χ0n) is 36.1. The molecule has 0 aromatic rings. The fourth-order valence-electron chi connectivity index (χ4n) is 6.30. The first-order valence-electron chi connectivity index (χ1n) is 23.0. The third-order valence-corrected chi connectivity index (χ3v) is 10.8. The summed E-state index contributed by atoms with van der Waals surface area (Å²) in [4.78, 5) is 22.6. The summed E-state index contributed by atoms with van der Waals surface area (Å²) in [7, 11) is -4.52. The predicted octanol–water partition coefficient (Wildman–Crippen LogP) is 12.8. The normalized spacial score (nSPS) is 14.3. The van der Waals surface area contributed by atoms with Gasteiger partial charge in [-0.25, -0.2) is 4.57 Å². The van der Waals surface area contributed by atoms with Crippen LogP contribution >= 0.6 is 7.82 Å². The van der Waals surface area contributed by atoms with Crippen molar-refractivity contribution >= 4 is 13.8 Å².